The van der Waals surface area contributed by atoms with E-state index >= 15 is 0 Å². The summed E-state index contributed by atoms with van der Waals surface area (Å²) >= 11 is 0. The Hall–Kier alpha value is -4.75. The Morgan fingerprint density at radius 2 is 1.52 bits per heavy atom. The number of nitrogens with one attached hydrogen (secondary N) is 1. The molecule has 3 heterocycles. The lowest BCUT2D eigenvalue weighted by atomic mass is 9.92. The number of urea groups is 1. The van der Waals surface area contributed by atoms with Crippen molar-refractivity contribution in [1.82, 2.24) is 19.7 Å². The van der Waals surface area contributed by atoms with Crippen molar-refractivity contribution in [2.75, 3.05) is 47.7 Å². The zero-order valence-electron chi connectivity index (χ0n) is 28.7. The second kappa shape index (κ2) is 13.4. The number of aromatic nitrogens is 3. The van der Waals surface area contributed by atoms with Gasteiger partial charge in [0.15, 0.2) is 5.82 Å². The molecule has 3 amide bonds. The number of hydrogen-bond donors (Lipinski definition) is 1. The summed E-state index contributed by atoms with van der Waals surface area (Å²) in [5.74, 6) is 0.857. The van der Waals surface area contributed by atoms with Gasteiger partial charge in [0.05, 0.1) is 29.0 Å². The highest BCUT2D eigenvalue weighted by molar-refractivity contribution is 7.86. The average molecular weight is 674 g/mol. The van der Waals surface area contributed by atoms with Gasteiger partial charge in [-0.05, 0) is 63.1 Å². The first-order valence-electron chi connectivity index (χ1n) is 15.8. The quantitative estimate of drug-likeness (QED) is 0.248. The number of rotatable bonds is 7. The van der Waals surface area contributed by atoms with Crippen molar-refractivity contribution >= 4 is 39.4 Å². The molecule has 0 bridgehead atoms. The molecule has 0 aliphatic carbocycles. The van der Waals surface area contributed by atoms with Crippen molar-refractivity contribution < 1.29 is 22.3 Å². The summed E-state index contributed by atoms with van der Waals surface area (Å²) < 4.78 is 31.6. The molecular formula is C35H43N7O5S. The molecule has 1 saturated heterocycles. The van der Waals surface area contributed by atoms with E-state index in [1.54, 1.807) is 25.1 Å². The van der Waals surface area contributed by atoms with Crippen LogP contribution >= 0.6 is 0 Å². The number of benzene rings is 2. The largest absolute Gasteiger partial charge is 0.353 e. The molecule has 12 nitrogen and oxygen atoms in total. The van der Waals surface area contributed by atoms with Gasteiger partial charge in [0.2, 0.25) is 0 Å². The van der Waals surface area contributed by atoms with Crippen molar-refractivity contribution in [2.45, 2.75) is 53.9 Å². The van der Waals surface area contributed by atoms with Crippen LogP contribution in [0.4, 0.5) is 22.1 Å². The number of hydrogen-bond acceptors (Lipinski definition) is 8. The van der Waals surface area contributed by atoms with E-state index in [0.29, 0.717) is 59.8 Å². The van der Waals surface area contributed by atoms with Crippen molar-refractivity contribution in [3.8, 4) is 5.69 Å². The molecule has 2 aromatic carbocycles. The Morgan fingerprint density at radius 3 is 2.08 bits per heavy atom. The molecule has 1 aliphatic heterocycles. The molecule has 13 heteroatoms. The van der Waals surface area contributed by atoms with Gasteiger partial charge >= 0.3 is 6.03 Å². The molecule has 48 heavy (non-hydrogen) atoms. The maximum Gasteiger partial charge on any atom is 0.353 e. The minimum absolute atomic E-state index is 0.0339. The molecular weight excluding hydrogens is 630 g/mol. The van der Waals surface area contributed by atoms with Crippen LogP contribution in [0.15, 0.2) is 60.7 Å². The van der Waals surface area contributed by atoms with E-state index in [2.05, 4.69) is 10.2 Å². The van der Waals surface area contributed by atoms with Gasteiger partial charge in [-0.15, -0.1) is 9.35 Å². The fraction of sp³-hybridized carbons (Fsp3) is 0.371. The van der Waals surface area contributed by atoms with Crippen LogP contribution in [-0.4, -0.2) is 72.5 Å². The lowest BCUT2D eigenvalue weighted by molar-refractivity contribution is 0.0745. The fourth-order valence-electron chi connectivity index (χ4n) is 5.54. The summed E-state index contributed by atoms with van der Waals surface area (Å²) in [4.78, 5) is 35.8. The standard InChI is InChI=1S/C35H43N7O5S/c1-23-12-14-27(15-13-23)41-31(22-29(38-41)35(5,6)7)42(47-48(8,45)46)34(44)37-28-16-17-30(36-26(28)4)39-18-20-40(21-19-39)33(43)32-24(2)10-9-11-25(32)3/h9-17,22H,18-21H2,1-8H3,(H,37,44). The molecule has 5 rings (SSSR count). The SMILES string of the molecule is Cc1ccc(-n2nc(C(C)(C)C)cc2N(OS(C)(=O)=O)C(=O)Nc2ccc(N3CCN(C(=O)c4c(C)cccc4C)CC3)nc2C)cc1. The lowest BCUT2D eigenvalue weighted by Crippen LogP contribution is -2.49. The molecule has 0 spiro atoms. The minimum Gasteiger partial charge on any atom is -0.353 e. The third-order valence-corrected chi connectivity index (χ3v) is 8.66. The van der Waals surface area contributed by atoms with Gasteiger partial charge in [-0.2, -0.15) is 13.5 Å². The second-order valence-electron chi connectivity index (χ2n) is 13.2. The number of nitrogens with zero attached hydrogens (tertiary/aromatic N) is 6. The van der Waals surface area contributed by atoms with Crippen LogP contribution in [0.3, 0.4) is 0 Å². The van der Waals surface area contributed by atoms with Crippen LogP contribution in [0.2, 0.25) is 0 Å². The predicted molar refractivity (Wildman–Crippen MR) is 187 cm³/mol. The van der Waals surface area contributed by atoms with Crippen molar-refractivity contribution in [3.05, 3.63) is 94.3 Å². The van der Waals surface area contributed by atoms with Crippen molar-refractivity contribution in [2.24, 2.45) is 0 Å². The van der Waals surface area contributed by atoms with Crippen molar-refractivity contribution in [3.63, 3.8) is 0 Å². The lowest BCUT2D eigenvalue weighted by Gasteiger charge is -2.36. The maximum absolute atomic E-state index is 13.8. The summed E-state index contributed by atoms with van der Waals surface area (Å²) in [6.45, 7) is 15.8. The molecule has 1 fully saturated rings. The summed E-state index contributed by atoms with van der Waals surface area (Å²) in [5, 5.41) is 8.20. The first-order valence-corrected chi connectivity index (χ1v) is 17.6. The molecule has 0 atom stereocenters. The van der Waals surface area contributed by atoms with E-state index in [1.807, 2.05) is 88.9 Å². The molecule has 0 radical (unpaired) electrons. The van der Waals surface area contributed by atoms with Crippen LogP contribution in [0.1, 0.15) is 59.2 Å². The van der Waals surface area contributed by atoms with E-state index < -0.39 is 21.6 Å². The number of hydroxylamine groups is 1. The first-order chi connectivity index (χ1) is 22.5. The average Bonchev–Trinajstić information content (AvgIpc) is 3.47. The number of aryl methyl sites for hydroxylation is 4. The van der Waals surface area contributed by atoms with Gasteiger partial charge in [-0.25, -0.2) is 14.5 Å². The first kappa shape index (κ1) is 34.6. The Morgan fingerprint density at radius 1 is 0.896 bits per heavy atom. The molecule has 254 valence electrons. The molecule has 0 saturated carbocycles. The Balaban J connectivity index is 1.36. The highest BCUT2D eigenvalue weighted by atomic mass is 32.2. The van der Waals surface area contributed by atoms with Crippen LogP contribution in [0.5, 0.6) is 0 Å². The molecule has 4 aromatic rings. The van der Waals surface area contributed by atoms with Gasteiger partial charge in [0, 0.05) is 43.2 Å². The van der Waals surface area contributed by atoms with E-state index in [-0.39, 0.29) is 11.7 Å². The fourth-order valence-corrected chi connectivity index (χ4v) is 5.96. The minimum atomic E-state index is -4.13. The van der Waals surface area contributed by atoms with E-state index in [4.69, 9.17) is 14.4 Å². The zero-order chi connectivity index (χ0) is 35.0. The van der Waals surface area contributed by atoms with E-state index in [1.165, 1.54) is 4.68 Å². The number of pyridine rings is 1. The van der Waals surface area contributed by atoms with Gasteiger partial charge < -0.3 is 15.1 Å². The Kier molecular flexibility index (Phi) is 9.65. The zero-order valence-corrected chi connectivity index (χ0v) is 29.6. The second-order valence-corrected chi connectivity index (χ2v) is 14.8. The topological polar surface area (TPSA) is 130 Å². The molecule has 1 N–H and O–H groups in total. The predicted octanol–water partition coefficient (Wildman–Crippen LogP) is 5.69. The number of carbonyl (C=O) groups excluding carboxylic acids is 2. The van der Waals surface area contributed by atoms with Crippen LogP contribution in [0.25, 0.3) is 5.69 Å². The normalized spacial score (nSPS) is 13.8. The molecule has 2 aromatic heterocycles. The summed E-state index contributed by atoms with van der Waals surface area (Å²) in [7, 11) is -4.13. The van der Waals surface area contributed by atoms with Gasteiger partial charge in [0.25, 0.3) is 16.0 Å². The van der Waals surface area contributed by atoms with E-state index in [9.17, 15) is 18.0 Å². The Labute approximate surface area is 282 Å². The van der Waals surface area contributed by atoms with Gasteiger partial charge in [0.1, 0.15) is 5.82 Å². The molecule has 0 unspecified atom stereocenters. The highest BCUT2D eigenvalue weighted by Gasteiger charge is 2.31. The Bertz CT molecular complexity index is 1920. The smallest absolute Gasteiger partial charge is 0.353 e. The maximum atomic E-state index is 13.8. The number of carbonyl (C=O) groups is 2. The highest BCUT2D eigenvalue weighted by Crippen LogP contribution is 2.30. The van der Waals surface area contributed by atoms with Crippen molar-refractivity contribution in [1.29, 1.82) is 0 Å². The number of amides is 3. The van der Waals surface area contributed by atoms with Gasteiger partial charge in [-0.3, -0.25) is 4.79 Å². The van der Waals surface area contributed by atoms with E-state index in [0.717, 1.165) is 28.5 Å². The third-order valence-electron chi connectivity index (χ3n) is 8.24. The summed E-state index contributed by atoms with van der Waals surface area (Å²) in [6.07, 6.45) is 0.877. The number of piperazine rings is 1. The van der Waals surface area contributed by atoms with Gasteiger partial charge in [-0.1, -0.05) is 56.7 Å². The van der Waals surface area contributed by atoms with Crippen LogP contribution < -0.4 is 15.3 Å². The number of anilines is 3. The third kappa shape index (κ3) is 7.69. The van der Waals surface area contributed by atoms with Crippen LogP contribution in [0, 0.1) is 27.7 Å². The molecule has 1 aliphatic rings. The summed E-state index contributed by atoms with van der Waals surface area (Å²) in [6, 6.07) is 17.7. The summed E-state index contributed by atoms with van der Waals surface area (Å²) in [5.41, 5.74) is 5.47. The van der Waals surface area contributed by atoms with Crippen LogP contribution in [-0.2, 0) is 19.8 Å². The monoisotopic (exact) mass is 673 g/mol.